The molecule has 0 fully saturated rings. The van der Waals surface area contributed by atoms with Gasteiger partial charge in [0, 0.05) is 12.5 Å². The zero-order valence-electron chi connectivity index (χ0n) is 12.1. The number of nitrogens with two attached hydrogens (primary N) is 1. The van der Waals surface area contributed by atoms with Gasteiger partial charge in [-0.3, -0.25) is 11.3 Å². The highest BCUT2D eigenvalue weighted by Crippen LogP contribution is 2.22. The fourth-order valence-electron chi connectivity index (χ4n) is 2.35. The number of rotatable bonds is 7. The molecule has 1 atom stereocenters. The second-order valence-corrected chi connectivity index (χ2v) is 5.00. The van der Waals surface area contributed by atoms with E-state index in [1.165, 1.54) is 11.1 Å². The van der Waals surface area contributed by atoms with Crippen LogP contribution in [-0.2, 0) is 12.8 Å². The molecule has 0 aliphatic heterocycles. The zero-order chi connectivity index (χ0) is 14.4. The van der Waals surface area contributed by atoms with Gasteiger partial charge < -0.3 is 9.15 Å². The SMILES string of the molecule is COc1ccc(C)cc1CC(CCc1ccco1)NN. The second kappa shape index (κ2) is 7.12. The lowest BCUT2D eigenvalue weighted by Crippen LogP contribution is -2.37. The number of methoxy groups -OCH3 is 1. The van der Waals surface area contributed by atoms with E-state index in [-0.39, 0.29) is 6.04 Å². The summed E-state index contributed by atoms with van der Waals surface area (Å²) >= 11 is 0. The molecule has 1 heterocycles. The van der Waals surface area contributed by atoms with Crippen molar-refractivity contribution in [2.24, 2.45) is 5.84 Å². The lowest BCUT2D eigenvalue weighted by atomic mass is 9.99. The number of hydrogen-bond acceptors (Lipinski definition) is 4. The van der Waals surface area contributed by atoms with Gasteiger partial charge in [0.2, 0.25) is 0 Å². The highest BCUT2D eigenvalue weighted by molar-refractivity contribution is 5.37. The molecule has 4 heteroatoms. The average molecular weight is 274 g/mol. The van der Waals surface area contributed by atoms with Gasteiger partial charge in [-0.05, 0) is 43.5 Å². The van der Waals surface area contributed by atoms with E-state index < -0.39 is 0 Å². The fraction of sp³-hybridized carbons (Fsp3) is 0.375. The summed E-state index contributed by atoms with van der Waals surface area (Å²) in [6.07, 6.45) is 4.32. The minimum Gasteiger partial charge on any atom is -0.496 e. The van der Waals surface area contributed by atoms with Gasteiger partial charge in [-0.1, -0.05) is 17.7 Å². The summed E-state index contributed by atoms with van der Waals surface area (Å²) < 4.78 is 10.8. The van der Waals surface area contributed by atoms with Crippen LogP contribution in [0.2, 0.25) is 0 Å². The van der Waals surface area contributed by atoms with E-state index in [9.17, 15) is 0 Å². The van der Waals surface area contributed by atoms with Crippen molar-refractivity contribution >= 4 is 0 Å². The largest absolute Gasteiger partial charge is 0.496 e. The number of nitrogens with one attached hydrogen (secondary N) is 1. The molecule has 0 saturated carbocycles. The maximum Gasteiger partial charge on any atom is 0.122 e. The second-order valence-electron chi connectivity index (χ2n) is 5.00. The number of hydrazine groups is 1. The van der Waals surface area contributed by atoms with Crippen molar-refractivity contribution in [3.63, 3.8) is 0 Å². The van der Waals surface area contributed by atoms with Gasteiger partial charge in [0.05, 0.1) is 13.4 Å². The van der Waals surface area contributed by atoms with Crippen molar-refractivity contribution in [2.75, 3.05) is 7.11 Å². The molecule has 0 saturated heterocycles. The quantitative estimate of drug-likeness (QED) is 0.602. The summed E-state index contributed by atoms with van der Waals surface area (Å²) in [5, 5.41) is 0. The third-order valence-electron chi connectivity index (χ3n) is 3.46. The van der Waals surface area contributed by atoms with Gasteiger partial charge in [0.15, 0.2) is 0 Å². The first-order valence-corrected chi connectivity index (χ1v) is 6.85. The van der Waals surface area contributed by atoms with Gasteiger partial charge in [-0.2, -0.15) is 0 Å². The monoisotopic (exact) mass is 274 g/mol. The van der Waals surface area contributed by atoms with E-state index in [2.05, 4.69) is 24.5 Å². The molecule has 0 aliphatic carbocycles. The molecular weight excluding hydrogens is 252 g/mol. The third-order valence-corrected chi connectivity index (χ3v) is 3.46. The number of aryl methyl sites for hydroxylation is 2. The van der Waals surface area contributed by atoms with Crippen LogP contribution in [0.15, 0.2) is 41.0 Å². The lowest BCUT2D eigenvalue weighted by Gasteiger charge is -2.17. The molecule has 0 spiro atoms. The Morgan fingerprint density at radius 3 is 2.85 bits per heavy atom. The van der Waals surface area contributed by atoms with Crippen molar-refractivity contribution in [3.05, 3.63) is 53.5 Å². The molecule has 0 aliphatic rings. The third kappa shape index (κ3) is 3.85. The predicted octanol–water partition coefficient (Wildman–Crippen LogP) is 2.60. The first-order chi connectivity index (χ1) is 9.72. The van der Waals surface area contributed by atoms with E-state index in [0.717, 1.165) is 30.8 Å². The Labute approximate surface area is 119 Å². The average Bonchev–Trinajstić information content (AvgIpc) is 2.97. The van der Waals surface area contributed by atoms with Crippen LogP contribution in [0.5, 0.6) is 5.75 Å². The van der Waals surface area contributed by atoms with E-state index in [4.69, 9.17) is 15.0 Å². The Balaban J connectivity index is 2.00. The molecule has 0 amide bonds. The Morgan fingerprint density at radius 1 is 1.35 bits per heavy atom. The van der Waals surface area contributed by atoms with Gasteiger partial charge in [-0.15, -0.1) is 0 Å². The molecule has 0 bridgehead atoms. The maximum atomic E-state index is 5.67. The Hall–Kier alpha value is -1.78. The van der Waals surface area contributed by atoms with Crippen LogP contribution in [0, 0.1) is 6.92 Å². The van der Waals surface area contributed by atoms with Crippen molar-refractivity contribution in [2.45, 2.75) is 32.2 Å². The smallest absolute Gasteiger partial charge is 0.122 e. The number of benzene rings is 1. The van der Waals surface area contributed by atoms with Crippen LogP contribution in [0.1, 0.15) is 23.3 Å². The topological polar surface area (TPSA) is 60.4 Å². The molecule has 0 radical (unpaired) electrons. The summed E-state index contributed by atoms with van der Waals surface area (Å²) in [7, 11) is 1.70. The lowest BCUT2D eigenvalue weighted by molar-refractivity contribution is 0.400. The van der Waals surface area contributed by atoms with Gasteiger partial charge in [0.25, 0.3) is 0 Å². The highest BCUT2D eigenvalue weighted by Gasteiger charge is 2.12. The van der Waals surface area contributed by atoms with E-state index in [0.29, 0.717) is 0 Å². The van der Waals surface area contributed by atoms with Crippen molar-refractivity contribution in [1.82, 2.24) is 5.43 Å². The summed E-state index contributed by atoms with van der Waals surface area (Å²) in [5.74, 6) is 7.57. The van der Waals surface area contributed by atoms with Crippen molar-refractivity contribution < 1.29 is 9.15 Å². The first-order valence-electron chi connectivity index (χ1n) is 6.85. The van der Waals surface area contributed by atoms with Crippen LogP contribution in [0.25, 0.3) is 0 Å². The molecule has 4 nitrogen and oxygen atoms in total. The Bertz CT molecular complexity index is 523. The molecule has 2 aromatic rings. The predicted molar refractivity (Wildman–Crippen MR) is 79.6 cm³/mol. The molecule has 1 aromatic heterocycles. The minimum absolute atomic E-state index is 0.191. The molecule has 108 valence electrons. The minimum atomic E-state index is 0.191. The molecular formula is C16H22N2O2. The summed E-state index contributed by atoms with van der Waals surface area (Å²) in [6.45, 7) is 2.08. The van der Waals surface area contributed by atoms with Crippen LogP contribution >= 0.6 is 0 Å². The van der Waals surface area contributed by atoms with E-state index in [1.54, 1.807) is 13.4 Å². The Kier molecular flexibility index (Phi) is 5.21. The van der Waals surface area contributed by atoms with Crippen molar-refractivity contribution in [3.8, 4) is 5.75 Å². The molecule has 20 heavy (non-hydrogen) atoms. The number of hydrogen-bond donors (Lipinski definition) is 2. The van der Waals surface area contributed by atoms with Crippen molar-refractivity contribution in [1.29, 1.82) is 0 Å². The first kappa shape index (κ1) is 14.6. The molecule has 1 unspecified atom stereocenters. The number of ether oxygens (including phenoxy) is 1. The van der Waals surface area contributed by atoms with Crippen LogP contribution in [0.4, 0.5) is 0 Å². The summed E-state index contributed by atoms with van der Waals surface area (Å²) in [4.78, 5) is 0. The van der Waals surface area contributed by atoms with Crippen LogP contribution in [-0.4, -0.2) is 13.2 Å². The van der Waals surface area contributed by atoms with Gasteiger partial charge >= 0.3 is 0 Å². The number of furan rings is 1. The van der Waals surface area contributed by atoms with E-state index >= 15 is 0 Å². The van der Waals surface area contributed by atoms with E-state index in [1.807, 2.05) is 18.2 Å². The fourth-order valence-corrected chi connectivity index (χ4v) is 2.35. The summed E-state index contributed by atoms with van der Waals surface area (Å²) in [6, 6.07) is 10.3. The standard InChI is InChI=1S/C16H22N2O2/c1-12-5-8-16(19-2)13(10-12)11-14(18-17)6-7-15-4-3-9-20-15/h3-5,8-10,14,18H,6-7,11,17H2,1-2H3. The highest BCUT2D eigenvalue weighted by atomic mass is 16.5. The Morgan fingerprint density at radius 2 is 2.20 bits per heavy atom. The maximum absolute atomic E-state index is 5.67. The molecule has 2 rings (SSSR count). The van der Waals surface area contributed by atoms with Gasteiger partial charge in [0.1, 0.15) is 11.5 Å². The van der Waals surface area contributed by atoms with Crippen LogP contribution in [0.3, 0.4) is 0 Å². The molecule has 1 aromatic carbocycles. The zero-order valence-corrected chi connectivity index (χ0v) is 12.1. The summed E-state index contributed by atoms with van der Waals surface area (Å²) in [5.41, 5.74) is 5.29. The normalized spacial score (nSPS) is 12.3. The van der Waals surface area contributed by atoms with Gasteiger partial charge in [-0.25, -0.2) is 0 Å². The molecule has 3 N–H and O–H groups in total. The van der Waals surface area contributed by atoms with Crippen LogP contribution < -0.4 is 16.0 Å².